The molecule has 0 bridgehead atoms. The third-order valence-corrected chi connectivity index (χ3v) is 8.04. The molecule has 12 nitrogen and oxygen atoms in total. The average molecular weight is 589 g/mol. The van der Waals surface area contributed by atoms with E-state index in [4.69, 9.17) is 4.74 Å². The number of imidazole rings is 1. The number of aryl methyl sites for hydroxylation is 1. The van der Waals surface area contributed by atoms with Gasteiger partial charge >= 0.3 is 6.03 Å². The number of sulfonamides is 1. The molecular formula is C27H33FN6O6S. The second-order valence-corrected chi connectivity index (χ2v) is 11.7. The number of carbonyl (C=O) groups excluding carboxylic acids is 2. The summed E-state index contributed by atoms with van der Waals surface area (Å²) in [6, 6.07) is 8.84. The van der Waals surface area contributed by atoms with E-state index in [1.165, 1.54) is 69.4 Å². The lowest BCUT2D eigenvalue weighted by Gasteiger charge is -2.38. The van der Waals surface area contributed by atoms with Crippen molar-refractivity contribution >= 4 is 33.3 Å². The van der Waals surface area contributed by atoms with Crippen LogP contribution in [0.5, 0.6) is 5.75 Å². The Morgan fingerprint density at radius 1 is 1.27 bits per heavy atom. The van der Waals surface area contributed by atoms with E-state index in [2.05, 4.69) is 15.0 Å². The van der Waals surface area contributed by atoms with E-state index in [1.54, 1.807) is 21.0 Å². The van der Waals surface area contributed by atoms with Gasteiger partial charge < -0.3 is 29.5 Å². The lowest BCUT2D eigenvalue weighted by Crippen LogP contribution is -2.50. The summed E-state index contributed by atoms with van der Waals surface area (Å²) in [4.78, 5) is 33.4. The molecule has 3 atom stereocenters. The minimum atomic E-state index is -4.13. The summed E-state index contributed by atoms with van der Waals surface area (Å²) < 4.78 is 49.8. The Morgan fingerprint density at radius 2 is 1.98 bits per heavy atom. The normalized spacial score (nSPS) is 18.0. The van der Waals surface area contributed by atoms with Gasteiger partial charge in [0.25, 0.3) is 15.9 Å². The molecule has 3 aromatic rings. The summed E-state index contributed by atoms with van der Waals surface area (Å²) in [5.74, 6) is -1.22. The highest BCUT2D eigenvalue weighted by Crippen LogP contribution is 2.36. The van der Waals surface area contributed by atoms with Gasteiger partial charge in [0.1, 0.15) is 11.9 Å². The maximum atomic E-state index is 13.6. The van der Waals surface area contributed by atoms with Crippen LogP contribution < -0.4 is 14.8 Å². The van der Waals surface area contributed by atoms with Crippen LogP contribution >= 0.6 is 0 Å². The van der Waals surface area contributed by atoms with Crippen LogP contribution in [0.15, 0.2) is 60.0 Å². The number of halogens is 1. The predicted molar refractivity (Wildman–Crippen MR) is 150 cm³/mol. The zero-order chi connectivity index (χ0) is 29.9. The van der Waals surface area contributed by atoms with Gasteiger partial charge in [-0.05, 0) is 43.3 Å². The van der Waals surface area contributed by atoms with E-state index in [9.17, 15) is 27.5 Å². The lowest BCUT2D eigenvalue weighted by molar-refractivity contribution is 0.0373. The van der Waals surface area contributed by atoms with Gasteiger partial charge in [0.05, 0.1) is 36.8 Å². The molecule has 0 saturated heterocycles. The SMILES string of the molecule is C[C@H]1CN([C@@H](C)CO)C(=O)c2cccc(NS(=O)(=O)c3cn(C)cn3)c2O[C@H]1CN(C)C(=O)Nc1ccc(F)cc1. The van der Waals surface area contributed by atoms with Crippen LogP contribution in [0.4, 0.5) is 20.6 Å². The zero-order valence-corrected chi connectivity index (χ0v) is 23.9. The van der Waals surface area contributed by atoms with Gasteiger partial charge in [-0.1, -0.05) is 13.0 Å². The number of ether oxygens (including phenoxy) is 1. The number of aliphatic hydroxyl groups excluding tert-OH is 1. The second kappa shape index (κ2) is 12.1. The zero-order valence-electron chi connectivity index (χ0n) is 23.1. The maximum Gasteiger partial charge on any atom is 0.321 e. The Labute approximate surface area is 237 Å². The topological polar surface area (TPSA) is 146 Å². The summed E-state index contributed by atoms with van der Waals surface area (Å²) in [5, 5.41) is 12.3. The van der Waals surface area contributed by atoms with Gasteiger partial charge in [-0.15, -0.1) is 0 Å². The number of anilines is 2. The summed E-state index contributed by atoms with van der Waals surface area (Å²) in [6.07, 6.45) is 1.99. The third kappa shape index (κ3) is 6.77. The smallest absolute Gasteiger partial charge is 0.321 e. The number of aliphatic hydroxyl groups is 1. The van der Waals surface area contributed by atoms with E-state index in [0.29, 0.717) is 5.69 Å². The van der Waals surface area contributed by atoms with Crippen molar-refractivity contribution in [1.29, 1.82) is 0 Å². The van der Waals surface area contributed by atoms with E-state index >= 15 is 0 Å². The van der Waals surface area contributed by atoms with Crippen LogP contribution in [0.25, 0.3) is 0 Å². The molecule has 0 radical (unpaired) electrons. The van der Waals surface area contributed by atoms with Crippen molar-refractivity contribution in [2.24, 2.45) is 13.0 Å². The van der Waals surface area contributed by atoms with Crippen molar-refractivity contribution in [3.8, 4) is 5.75 Å². The van der Waals surface area contributed by atoms with Crippen molar-refractivity contribution in [3.63, 3.8) is 0 Å². The van der Waals surface area contributed by atoms with Gasteiger partial charge in [-0.25, -0.2) is 14.2 Å². The molecule has 2 aromatic carbocycles. The number of rotatable bonds is 8. The molecule has 0 unspecified atom stereocenters. The van der Waals surface area contributed by atoms with E-state index < -0.39 is 39.9 Å². The fourth-order valence-electron chi connectivity index (χ4n) is 4.37. The first-order valence-corrected chi connectivity index (χ1v) is 14.4. The Hall–Kier alpha value is -4.17. The first-order valence-electron chi connectivity index (χ1n) is 12.9. The lowest BCUT2D eigenvalue weighted by atomic mass is 9.99. The van der Waals surface area contributed by atoms with Gasteiger partial charge in [-0.2, -0.15) is 8.42 Å². The quantitative estimate of drug-likeness (QED) is 0.367. The van der Waals surface area contributed by atoms with Crippen LogP contribution in [0.3, 0.4) is 0 Å². The molecule has 2 heterocycles. The molecule has 41 heavy (non-hydrogen) atoms. The number of carbonyl (C=O) groups is 2. The van der Waals surface area contributed by atoms with E-state index in [1.807, 2.05) is 6.92 Å². The van der Waals surface area contributed by atoms with Crippen molar-refractivity contribution in [2.75, 3.05) is 36.8 Å². The molecular weight excluding hydrogens is 555 g/mol. The van der Waals surface area contributed by atoms with Crippen LogP contribution in [-0.2, 0) is 17.1 Å². The van der Waals surface area contributed by atoms with Crippen LogP contribution in [0, 0.1) is 11.7 Å². The summed E-state index contributed by atoms with van der Waals surface area (Å²) >= 11 is 0. The third-order valence-electron chi connectivity index (χ3n) is 6.79. The number of aromatic nitrogens is 2. The molecule has 0 spiro atoms. The Morgan fingerprint density at radius 3 is 2.61 bits per heavy atom. The monoisotopic (exact) mass is 588 g/mol. The average Bonchev–Trinajstić information content (AvgIpc) is 3.39. The Balaban J connectivity index is 1.68. The van der Waals surface area contributed by atoms with Crippen molar-refractivity contribution < 1.29 is 32.2 Å². The van der Waals surface area contributed by atoms with Gasteiger partial charge in [0.2, 0.25) is 0 Å². The first kappa shape index (κ1) is 29.8. The number of para-hydroxylation sites is 1. The number of hydrogen-bond donors (Lipinski definition) is 3. The Bertz CT molecular complexity index is 1510. The molecule has 4 rings (SSSR count). The Kier molecular flexibility index (Phi) is 8.83. The molecule has 3 amide bonds. The van der Waals surface area contributed by atoms with Crippen LogP contribution in [-0.4, -0.2) is 83.7 Å². The van der Waals surface area contributed by atoms with E-state index in [0.717, 1.165) is 0 Å². The van der Waals surface area contributed by atoms with Crippen molar-refractivity contribution in [2.45, 2.75) is 31.0 Å². The fourth-order valence-corrected chi connectivity index (χ4v) is 5.42. The number of amides is 3. The predicted octanol–water partition coefficient (Wildman–Crippen LogP) is 2.74. The summed E-state index contributed by atoms with van der Waals surface area (Å²) in [6.45, 7) is 3.53. The summed E-state index contributed by atoms with van der Waals surface area (Å²) in [5.41, 5.74) is 0.525. The number of nitrogens with zero attached hydrogens (tertiary/aromatic N) is 4. The molecule has 14 heteroatoms. The minimum Gasteiger partial charge on any atom is -0.485 e. The van der Waals surface area contributed by atoms with Gasteiger partial charge in [-0.3, -0.25) is 9.52 Å². The molecule has 220 valence electrons. The highest BCUT2D eigenvalue weighted by Gasteiger charge is 2.35. The van der Waals surface area contributed by atoms with Crippen LogP contribution in [0.2, 0.25) is 0 Å². The van der Waals surface area contributed by atoms with Crippen molar-refractivity contribution in [1.82, 2.24) is 19.4 Å². The number of fused-ring (bicyclic) bond motifs is 1. The number of likely N-dealkylation sites (N-methyl/N-ethyl adjacent to an activating group) is 1. The standard InChI is InChI=1S/C27H33FN6O6S/c1-17-12-34(18(2)15-35)26(36)21-6-5-7-22(31-41(38,39)24-14-32(3)16-29-24)25(21)40-23(17)13-33(4)27(37)30-20-10-8-19(28)9-11-20/h5-11,14,16-18,23,31,35H,12-13,15H2,1-4H3,(H,30,37)/t17-,18-,23-/m0/s1. The largest absolute Gasteiger partial charge is 0.485 e. The number of benzene rings is 2. The van der Waals surface area contributed by atoms with Crippen molar-refractivity contribution in [3.05, 3.63) is 66.4 Å². The molecule has 0 saturated carbocycles. The maximum absolute atomic E-state index is 13.6. The molecule has 1 aliphatic heterocycles. The molecule has 0 aliphatic carbocycles. The van der Waals surface area contributed by atoms with Gasteiger partial charge in [0.15, 0.2) is 10.8 Å². The molecule has 1 aliphatic rings. The molecule has 3 N–H and O–H groups in total. The first-order chi connectivity index (χ1) is 19.4. The highest BCUT2D eigenvalue weighted by atomic mass is 32.2. The second-order valence-electron chi connectivity index (χ2n) is 10.1. The number of nitrogens with one attached hydrogen (secondary N) is 2. The number of hydrogen-bond acceptors (Lipinski definition) is 7. The number of urea groups is 1. The van der Waals surface area contributed by atoms with Gasteiger partial charge in [0, 0.05) is 38.4 Å². The highest BCUT2D eigenvalue weighted by molar-refractivity contribution is 7.92. The molecule has 0 fully saturated rings. The summed E-state index contributed by atoms with van der Waals surface area (Å²) in [7, 11) is -0.937. The van der Waals surface area contributed by atoms with Crippen LogP contribution in [0.1, 0.15) is 24.2 Å². The van der Waals surface area contributed by atoms with E-state index in [-0.39, 0.29) is 47.6 Å². The fraction of sp³-hybridized carbons (Fsp3) is 0.370. The molecule has 1 aromatic heterocycles. The minimum absolute atomic E-state index is 0.00367.